The van der Waals surface area contributed by atoms with Gasteiger partial charge in [0, 0.05) is 6.04 Å². The van der Waals surface area contributed by atoms with E-state index in [2.05, 4.69) is 4.37 Å². The van der Waals surface area contributed by atoms with E-state index in [1.807, 2.05) is 0 Å². The van der Waals surface area contributed by atoms with E-state index in [0.29, 0.717) is 4.83 Å². The Morgan fingerprint density at radius 1 is 1.32 bits per heavy atom. The number of hydrogen-bond acceptors (Lipinski definition) is 4. The number of H-pyrrole nitrogens is 1. The van der Waals surface area contributed by atoms with Crippen molar-refractivity contribution in [2.24, 2.45) is 0 Å². The number of hydrogen-bond donors (Lipinski definition) is 1. The van der Waals surface area contributed by atoms with Gasteiger partial charge in [-0.3, -0.25) is 18.8 Å². The lowest BCUT2D eigenvalue weighted by molar-refractivity contribution is 0.112. The lowest BCUT2D eigenvalue weighted by Gasteiger charge is -2.13. The van der Waals surface area contributed by atoms with Crippen LogP contribution in [0, 0.1) is 11.6 Å². The van der Waals surface area contributed by atoms with Crippen LogP contribution in [-0.2, 0) is 0 Å². The van der Waals surface area contributed by atoms with Crippen LogP contribution in [0.3, 0.4) is 0 Å². The monoisotopic (exact) mass is 322 g/mol. The molecule has 22 heavy (non-hydrogen) atoms. The van der Waals surface area contributed by atoms with Crippen LogP contribution in [0.5, 0.6) is 0 Å². The van der Waals surface area contributed by atoms with Crippen molar-refractivity contribution in [3.63, 3.8) is 0 Å². The highest BCUT2D eigenvalue weighted by atomic mass is 32.1. The van der Waals surface area contributed by atoms with Crippen molar-refractivity contribution < 1.29 is 13.6 Å². The van der Waals surface area contributed by atoms with Crippen LogP contribution >= 0.6 is 11.5 Å². The first kappa shape index (κ1) is 13.3. The van der Waals surface area contributed by atoms with Crippen LogP contribution in [0.15, 0.2) is 15.7 Å². The van der Waals surface area contributed by atoms with Crippen LogP contribution in [0.4, 0.5) is 8.78 Å². The first-order chi connectivity index (χ1) is 10.5. The minimum atomic E-state index is -1.28. The van der Waals surface area contributed by atoms with E-state index in [1.54, 1.807) is 4.57 Å². The van der Waals surface area contributed by atoms with E-state index in [9.17, 15) is 23.2 Å². The molecule has 2 aromatic heterocycles. The van der Waals surface area contributed by atoms with E-state index >= 15 is 0 Å². The predicted molar refractivity (Wildman–Crippen MR) is 77.8 cm³/mol. The van der Waals surface area contributed by atoms with Gasteiger partial charge in [-0.15, -0.1) is 0 Å². The predicted octanol–water partition coefficient (Wildman–Crippen LogP) is 2.33. The van der Waals surface area contributed by atoms with E-state index in [1.165, 1.54) is 0 Å². The van der Waals surface area contributed by atoms with Crippen molar-refractivity contribution in [2.45, 2.75) is 18.9 Å². The van der Waals surface area contributed by atoms with Crippen molar-refractivity contribution in [3.8, 4) is 0 Å². The summed E-state index contributed by atoms with van der Waals surface area (Å²) in [5.74, 6) is -2.56. The highest BCUT2D eigenvalue weighted by Gasteiger charge is 2.31. The van der Waals surface area contributed by atoms with Gasteiger partial charge in [-0.1, -0.05) is 0 Å². The molecule has 8 heteroatoms. The second kappa shape index (κ2) is 4.33. The van der Waals surface area contributed by atoms with Crippen molar-refractivity contribution in [3.05, 3.63) is 43.8 Å². The van der Waals surface area contributed by atoms with Crippen molar-refractivity contribution in [1.29, 1.82) is 0 Å². The largest absolute Gasteiger partial charge is 0.327 e. The lowest BCUT2D eigenvalue weighted by atomic mass is 10.1. The molecule has 1 fully saturated rings. The summed E-state index contributed by atoms with van der Waals surface area (Å²) in [4.78, 5) is 35.9. The number of aromatic amines is 1. The zero-order chi connectivity index (χ0) is 15.6. The Bertz CT molecular complexity index is 1080. The topological polar surface area (TPSA) is 71.9 Å². The maximum absolute atomic E-state index is 13.9. The third-order valence-corrected chi connectivity index (χ3v) is 4.75. The van der Waals surface area contributed by atoms with Gasteiger partial charge in [0.05, 0.1) is 16.5 Å². The summed E-state index contributed by atoms with van der Waals surface area (Å²) >= 11 is 0.960. The molecule has 1 saturated carbocycles. The van der Waals surface area contributed by atoms with Gasteiger partial charge >= 0.3 is 0 Å². The first-order valence-corrected chi connectivity index (χ1v) is 7.38. The van der Waals surface area contributed by atoms with E-state index in [0.717, 1.165) is 30.4 Å². The number of nitrogens with zero attached hydrogens (tertiary/aromatic N) is 1. The second-order valence-corrected chi connectivity index (χ2v) is 6.04. The standard InChI is InChI=1S/C14H8F2N2O3S/c15-8-3-6-11(7(4-19)10(8)16)18(5-1-2-5)14-9(12(6)20)13(21)17-22-14/h3-5H,1-2H2,(H,17,21). The number of rotatable bonds is 2. The van der Waals surface area contributed by atoms with Gasteiger partial charge < -0.3 is 4.57 Å². The number of fused-ring (bicyclic) bond motifs is 2. The quantitative estimate of drug-likeness (QED) is 0.736. The smallest absolute Gasteiger partial charge is 0.271 e. The number of halogens is 2. The Hall–Kier alpha value is -2.35. The second-order valence-electron chi connectivity index (χ2n) is 5.24. The molecule has 0 unspecified atom stereocenters. The highest BCUT2D eigenvalue weighted by molar-refractivity contribution is 7.12. The Morgan fingerprint density at radius 2 is 2.05 bits per heavy atom. The molecule has 0 saturated heterocycles. The third kappa shape index (κ3) is 1.58. The number of aldehydes is 1. The Morgan fingerprint density at radius 3 is 2.68 bits per heavy atom. The molecule has 1 aromatic carbocycles. The molecule has 0 radical (unpaired) electrons. The van der Waals surface area contributed by atoms with Gasteiger partial charge in [0.1, 0.15) is 10.2 Å². The lowest BCUT2D eigenvalue weighted by Crippen LogP contribution is -2.17. The molecule has 4 rings (SSSR count). The minimum absolute atomic E-state index is 0.0272. The molecule has 1 aliphatic rings. The number of benzene rings is 1. The number of carbonyl (C=O) groups is 1. The molecule has 0 aliphatic heterocycles. The van der Waals surface area contributed by atoms with Crippen LogP contribution < -0.4 is 11.0 Å². The third-order valence-electron chi connectivity index (χ3n) is 3.87. The van der Waals surface area contributed by atoms with Crippen molar-refractivity contribution >= 4 is 38.9 Å². The van der Waals surface area contributed by atoms with Gasteiger partial charge in [-0.05, 0) is 30.4 Å². The zero-order valence-electron chi connectivity index (χ0n) is 11.0. The van der Waals surface area contributed by atoms with Gasteiger partial charge in [0.25, 0.3) is 5.56 Å². The normalized spacial score (nSPS) is 14.8. The molecule has 1 N–H and O–H groups in total. The van der Waals surface area contributed by atoms with Gasteiger partial charge in [-0.2, -0.15) is 0 Å². The minimum Gasteiger partial charge on any atom is -0.327 e. The average Bonchev–Trinajstić information content (AvgIpc) is 3.25. The summed E-state index contributed by atoms with van der Waals surface area (Å²) in [6.07, 6.45) is 1.78. The van der Waals surface area contributed by atoms with E-state index < -0.39 is 28.2 Å². The zero-order valence-corrected chi connectivity index (χ0v) is 11.8. The maximum atomic E-state index is 13.9. The summed E-state index contributed by atoms with van der Waals surface area (Å²) in [7, 11) is 0. The fourth-order valence-electron chi connectivity index (χ4n) is 2.76. The molecule has 3 aromatic rings. The SMILES string of the molecule is O=Cc1c(F)c(F)cc2c(=O)c3c(=O)[nH]sc3n(C3CC3)c12. The van der Waals surface area contributed by atoms with Crippen molar-refractivity contribution in [2.75, 3.05) is 0 Å². The summed E-state index contributed by atoms with van der Waals surface area (Å²) in [5.41, 5.74) is -1.67. The summed E-state index contributed by atoms with van der Waals surface area (Å²) < 4.78 is 31.7. The molecule has 112 valence electrons. The van der Waals surface area contributed by atoms with Crippen LogP contribution in [0.2, 0.25) is 0 Å². The van der Waals surface area contributed by atoms with E-state index in [-0.39, 0.29) is 28.6 Å². The molecule has 1 aliphatic carbocycles. The Labute approximate surface area is 124 Å². The molecule has 0 bridgehead atoms. The molecular weight excluding hydrogens is 314 g/mol. The summed E-state index contributed by atoms with van der Waals surface area (Å²) in [6.45, 7) is 0. The fourth-order valence-corrected chi connectivity index (χ4v) is 3.67. The Balaban J connectivity index is 2.40. The van der Waals surface area contributed by atoms with Crippen LogP contribution in [-0.4, -0.2) is 15.2 Å². The van der Waals surface area contributed by atoms with Crippen molar-refractivity contribution in [1.82, 2.24) is 8.94 Å². The van der Waals surface area contributed by atoms with E-state index in [4.69, 9.17) is 0 Å². The van der Waals surface area contributed by atoms with Gasteiger partial charge in [-0.25, -0.2) is 8.78 Å². The average molecular weight is 322 g/mol. The first-order valence-electron chi connectivity index (χ1n) is 6.57. The molecule has 0 atom stereocenters. The highest BCUT2D eigenvalue weighted by Crippen LogP contribution is 2.40. The molecule has 5 nitrogen and oxygen atoms in total. The number of carbonyl (C=O) groups excluding carboxylic acids is 1. The number of pyridine rings is 1. The Kier molecular flexibility index (Phi) is 2.62. The van der Waals surface area contributed by atoms with Crippen LogP contribution in [0.25, 0.3) is 21.1 Å². The number of aromatic nitrogens is 2. The molecule has 2 heterocycles. The molecule has 0 amide bonds. The molecular formula is C14H8F2N2O3S. The number of nitrogens with one attached hydrogen (secondary N) is 1. The fraction of sp³-hybridized carbons (Fsp3) is 0.214. The summed E-state index contributed by atoms with van der Waals surface area (Å²) in [5, 5.41) is -0.225. The molecule has 0 spiro atoms. The summed E-state index contributed by atoms with van der Waals surface area (Å²) in [6, 6.07) is 0.732. The van der Waals surface area contributed by atoms with Gasteiger partial charge in [0.15, 0.2) is 17.9 Å². The van der Waals surface area contributed by atoms with Gasteiger partial charge in [0.2, 0.25) is 5.43 Å². The van der Waals surface area contributed by atoms with Crippen LogP contribution in [0.1, 0.15) is 29.2 Å². The maximum Gasteiger partial charge on any atom is 0.271 e.